The van der Waals surface area contributed by atoms with E-state index in [0.717, 1.165) is 42.3 Å². The Morgan fingerprint density at radius 2 is 2.18 bits per heavy atom. The molecule has 0 amide bonds. The molecule has 1 N–H and O–H groups in total. The second kappa shape index (κ2) is 4.45. The molecule has 2 heterocycles. The van der Waals surface area contributed by atoms with Crippen LogP contribution in [0.15, 0.2) is 12.1 Å². The van der Waals surface area contributed by atoms with Gasteiger partial charge in [0.2, 0.25) is 0 Å². The van der Waals surface area contributed by atoms with Crippen LogP contribution in [-0.4, -0.2) is 33.4 Å². The summed E-state index contributed by atoms with van der Waals surface area (Å²) in [5, 5.41) is 3.38. The second-order valence-corrected chi connectivity index (χ2v) is 4.40. The van der Waals surface area contributed by atoms with E-state index in [4.69, 9.17) is 14.2 Å². The van der Waals surface area contributed by atoms with Crippen molar-refractivity contribution in [2.24, 2.45) is 0 Å². The Balaban J connectivity index is 2.07. The van der Waals surface area contributed by atoms with Crippen LogP contribution in [0.2, 0.25) is 0 Å². The fraction of sp³-hybridized carbons (Fsp3) is 0.538. The Labute approximate surface area is 101 Å². The van der Waals surface area contributed by atoms with Crippen LogP contribution in [0.3, 0.4) is 0 Å². The van der Waals surface area contributed by atoms with Crippen LogP contribution < -0.4 is 19.5 Å². The lowest BCUT2D eigenvalue weighted by Gasteiger charge is -2.25. The van der Waals surface area contributed by atoms with Crippen molar-refractivity contribution in [1.82, 2.24) is 5.32 Å². The predicted octanol–water partition coefficient (Wildman–Crippen LogP) is 1.54. The summed E-state index contributed by atoms with van der Waals surface area (Å²) in [7, 11) is 1.71. The summed E-state index contributed by atoms with van der Waals surface area (Å²) < 4.78 is 16.9. The molecule has 4 heteroatoms. The van der Waals surface area contributed by atoms with Gasteiger partial charge >= 0.3 is 0 Å². The van der Waals surface area contributed by atoms with Crippen molar-refractivity contribution in [2.45, 2.75) is 12.3 Å². The minimum absolute atomic E-state index is 0.460. The minimum atomic E-state index is 0.460. The van der Waals surface area contributed by atoms with E-state index in [-0.39, 0.29) is 0 Å². The molecule has 2 aliphatic heterocycles. The van der Waals surface area contributed by atoms with Crippen molar-refractivity contribution in [3.8, 4) is 17.2 Å². The molecule has 4 nitrogen and oxygen atoms in total. The number of rotatable bonds is 2. The molecule has 1 unspecified atom stereocenters. The zero-order chi connectivity index (χ0) is 11.7. The molecule has 1 aromatic carbocycles. The number of ether oxygens (including phenoxy) is 3. The van der Waals surface area contributed by atoms with E-state index >= 15 is 0 Å². The fourth-order valence-electron chi connectivity index (χ4n) is 2.58. The average Bonchev–Trinajstić information content (AvgIpc) is 2.91. The Hall–Kier alpha value is -1.42. The van der Waals surface area contributed by atoms with Gasteiger partial charge in [-0.3, -0.25) is 0 Å². The molecular weight excluding hydrogens is 218 g/mol. The molecule has 17 heavy (non-hydrogen) atoms. The number of benzene rings is 1. The van der Waals surface area contributed by atoms with Gasteiger partial charge in [-0.25, -0.2) is 0 Å². The molecule has 3 rings (SSSR count). The number of hydrogen-bond acceptors (Lipinski definition) is 4. The summed E-state index contributed by atoms with van der Waals surface area (Å²) in [6.45, 7) is 3.28. The largest absolute Gasteiger partial charge is 0.496 e. The number of hydrogen-bond donors (Lipinski definition) is 1. The van der Waals surface area contributed by atoms with Gasteiger partial charge in [0.1, 0.15) is 19.0 Å². The van der Waals surface area contributed by atoms with E-state index in [1.54, 1.807) is 7.11 Å². The van der Waals surface area contributed by atoms with E-state index in [0.29, 0.717) is 19.1 Å². The first kappa shape index (κ1) is 10.7. The first-order chi connectivity index (χ1) is 8.40. The molecule has 0 spiro atoms. The van der Waals surface area contributed by atoms with Crippen LogP contribution in [0, 0.1) is 0 Å². The smallest absolute Gasteiger partial charge is 0.168 e. The Morgan fingerprint density at radius 3 is 2.94 bits per heavy atom. The van der Waals surface area contributed by atoms with Gasteiger partial charge in [0.15, 0.2) is 11.5 Å². The van der Waals surface area contributed by atoms with Gasteiger partial charge in [-0.1, -0.05) is 0 Å². The zero-order valence-corrected chi connectivity index (χ0v) is 9.99. The van der Waals surface area contributed by atoms with Crippen molar-refractivity contribution in [3.63, 3.8) is 0 Å². The Kier molecular flexibility index (Phi) is 2.81. The van der Waals surface area contributed by atoms with Crippen molar-refractivity contribution < 1.29 is 14.2 Å². The number of fused-ring (bicyclic) bond motifs is 1. The topological polar surface area (TPSA) is 39.7 Å². The van der Waals surface area contributed by atoms with Gasteiger partial charge in [-0.05, 0) is 25.1 Å². The van der Waals surface area contributed by atoms with Crippen molar-refractivity contribution in [3.05, 3.63) is 17.7 Å². The first-order valence-corrected chi connectivity index (χ1v) is 6.07. The molecule has 92 valence electrons. The normalized spacial score (nSPS) is 22.5. The summed E-state index contributed by atoms with van der Waals surface area (Å²) in [6.07, 6.45) is 1.12. The maximum Gasteiger partial charge on any atom is 0.168 e. The number of methoxy groups -OCH3 is 1. The zero-order valence-electron chi connectivity index (χ0n) is 9.99. The van der Waals surface area contributed by atoms with E-state index in [9.17, 15) is 0 Å². The molecule has 1 aromatic rings. The van der Waals surface area contributed by atoms with Crippen molar-refractivity contribution in [2.75, 3.05) is 33.4 Å². The highest BCUT2D eigenvalue weighted by Gasteiger charge is 2.28. The molecule has 1 saturated heterocycles. The summed E-state index contributed by atoms with van der Waals surface area (Å²) in [5.74, 6) is 3.09. The van der Waals surface area contributed by atoms with Gasteiger partial charge in [-0.15, -0.1) is 0 Å². The summed E-state index contributed by atoms with van der Waals surface area (Å²) >= 11 is 0. The summed E-state index contributed by atoms with van der Waals surface area (Å²) in [6, 6.07) is 3.90. The summed E-state index contributed by atoms with van der Waals surface area (Å²) in [4.78, 5) is 0. The average molecular weight is 235 g/mol. The quantitative estimate of drug-likeness (QED) is 0.844. The summed E-state index contributed by atoms with van der Waals surface area (Å²) in [5.41, 5.74) is 1.16. The molecule has 1 atom stereocenters. The van der Waals surface area contributed by atoms with E-state index in [1.807, 2.05) is 12.1 Å². The second-order valence-electron chi connectivity index (χ2n) is 4.40. The first-order valence-electron chi connectivity index (χ1n) is 6.07. The lowest BCUT2D eigenvalue weighted by Crippen LogP contribution is -2.18. The van der Waals surface area contributed by atoms with E-state index in [1.165, 1.54) is 0 Å². The molecule has 0 radical (unpaired) electrons. The van der Waals surface area contributed by atoms with Gasteiger partial charge in [-0.2, -0.15) is 0 Å². The molecular formula is C13H17NO3. The third kappa shape index (κ3) is 1.82. The third-order valence-corrected chi connectivity index (χ3v) is 3.40. The Morgan fingerprint density at radius 1 is 1.29 bits per heavy atom. The maximum absolute atomic E-state index is 5.78. The standard InChI is InChI=1S/C13H17NO3/c1-15-10-2-3-11-13(17-7-6-16-11)12(10)9-4-5-14-8-9/h2-3,9,14H,4-8H2,1H3. The van der Waals surface area contributed by atoms with Gasteiger partial charge < -0.3 is 19.5 Å². The fourth-order valence-corrected chi connectivity index (χ4v) is 2.58. The molecule has 0 aromatic heterocycles. The van der Waals surface area contributed by atoms with Crippen LogP contribution >= 0.6 is 0 Å². The van der Waals surface area contributed by atoms with Gasteiger partial charge in [0.25, 0.3) is 0 Å². The van der Waals surface area contributed by atoms with E-state index in [2.05, 4.69) is 5.32 Å². The molecule has 2 aliphatic rings. The highest BCUT2D eigenvalue weighted by atomic mass is 16.6. The van der Waals surface area contributed by atoms with E-state index < -0.39 is 0 Å². The maximum atomic E-state index is 5.78. The SMILES string of the molecule is COc1ccc2c(c1C1CCNC1)OCCO2. The molecule has 1 fully saturated rings. The third-order valence-electron chi connectivity index (χ3n) is 3.40. The minimum Gasteiger partial charge on any atom is -0.496 e. The number of nitrogens with one attached hydrogen (secondary N) is 1. The monoisotopic (exact) mass is 235 g/mol. The lowest BCUT2D eigenvalue weighted by atomic mass is 9.95. The lowest BCUT2D eigenvalue weighted by molar-refractivity contribution is 0.168. The molecule has 0 saturated carbocycles. The van der Waals surface area contributed by atoms with Gasteiger partial charge in [0.05, 0.1) is 7.11 Å². The van der Waals surface area contributed by atoms with Crippen LogP contribution in [0.4, 0.5) is 0 Å². The Bertz CT molecular complexity index is 413. The van der Waals surface area contributed by atoms with Crippen LogP contribution in [0.1, 0.15) is 17.9 Å². The van der Waals surface area contributed by atoms with Crippen LogP contribution in [0.5, 0.6) is 17.2 Å². The predicted molar refractivity (Wildman–Crippen MR) is 64.2 cm³/mol. The molecule has 0 bridgehead atoms. The molecule has 0 aliphatic carbocycles. The van der Waals surface area contributed by atoms with Crippen molar-refractivity contribution in [1.29, 1.82) is 0 Å². The van der Waals surface area contributed by atoms with Crippen molar-refractivity contribution >= 4 is 0 Å². The van der Waals surface area contributed by atoms with Gasteiger partial charge in [0, 0.05) is 18.0 Å². The van der Waals surface area contributed by atoms with Crippen LogP contribution in [0.25, 0.3) is 0 Å². The van der Waals surface area contributed by atoms with Crippen LogP contribution in [-0.2, 0) is 0 Å². The highest BCUT2D eigenvalue weighted by Crippen LogP contribution is 2.44. The highest BCUT2D eigenvalue weighted by molar-refractivity contribution is 5.56.